The van der Waals surface area contributed by atoms with Crippen LogP contribution in [-0.4, -0.2) is 5.16 Å². The van der Waals surface area contributed by atoms with Crippen molar-refractivity contribution in [2.24, 2.45) is 5.73 Å². The van der Waals surface area contributed by atoms with Crippen molar-refractivity contribution in [2.45, 2.75) is 13.5 Å². The fourth-order valence-corrected chi connectivity index (χ4v) is 1.28. The highest BCUT2D eigenvalue weighted by atomic mass is 19.1. The van der Waals surface area contributed by atoms with Gasteiger partial charge in [0.15, 0.2) is 5.58 Å². The molecule has 1 aromatic heterocycles. The predicted molar refractivity (Wildman–Crippen MR) is 46.6 cm³/mol. The summed E-state index contributed by atoms with van der Waals surface area (Å²) in [7, 11) is 0. The summed E-state index contributed by atoms with van der Waals surface area (Å²) < 4.78 is 18.2. The van der Waals surface area contributed by atoms with Crippen LogP contribution in [0.2, 0.25) is 0 Å². The number of fused-ring (bicyclic) bond motifs is 1. The van der Waals surface area contributed by atoms with Crippen molar-refractivity contribution in [2.75, 3.05) is 0 Å². The second-order valence-electron chi connectivity index (χ2n) is 2.91. The van der Waals surface area contributed by atoms with Gasteiger partial charge in [0.25, 0.3) is 0 Å². The van der Waals surface area contributed by atoms with Gasteiger partial charge in [-0.3, -0.25) is 0 Å². The molecule has 0 aliphatic carbocycles. The van der Waals surface area contributed by atoms with Crippen molar-refractivity contribution in [3.63, 3.8) is 0 Å². The molecule has 0 unspecified atom stereocenters. The standard InChI is InChI=1S/C9H9FN2O/c1-5-7-3-8(10)6(4-11)2-9(7)13-12-5/h2-3H,4,11H2,1H3. The predicted octanol–water partition coefficient (Wildman–Crippen LogP) is 1.73. The van der Waals surface area contributed by atoms with Crippen LogP contribution in [0, 0.1) is 12.7 Å². The maximum absolute atomic E-state index is 13.2. The summed E-state index contributed by atoms with van der Waals surface area (Å²) in [4.78, 5) is 0. The normalized spacial score (nSPS) is 11.0. The number of aromatic nitrogens is 1. The zero-order chi connectivity index (χ0) is 9.42. The zero-order valence-electron chi connectivity index (χ0n) is 7.17. The molecule has 0 radical (unpaired) electrons. The van der Waals surface area contributed by atoms with Crippen LogP contribution in [0.15, 0.2) is 16.7 Å². The maximum atomic E-state index is 13.2. The van der Waals surface area contributed by atoms with Crippen molar-refractivity contribution in [1.29, 1.82) is 0 Å². The van der Waals surface area contributed by atoms with Crippen LogP contribution < -0.4 is 5.73 Å². The summed E-state index contributed by atoms with van der Waals surface area (Å²) in [6, 6.07) is 2.99. The van der Waals surface area contributed by atoms with E-state index in [-0.39, 0.29) is 12.4 Å². The highest BCUT2D eigenvalue weighted by Crippen LogP contribution is 2.21. The van der Waals surface area contributed by atoms with E-state index in [1.807, 2.05) is 0 Å². The van der Waals surface area contributed by atoms with Gasteiger partial charge < -0.3 is 10.3 Å². The van der Waals surface area contributed by atoms with Crippen LogP contribution in [0.1, 0.15) is 11.3 Å². The Morgan fingerprint density at radius 2 is 2.31 bits per heavy atom. The van der Waals surface area contributed by atoms with Crippen LogP contribution in [0.3, 0.4) is 0 Å². The molecule has 0 bridgehead atoms. The first-order valence-electron chi connectivity index (χ1n) is 3.97. The van der Waals surface area contributed by atoms with Gasteiger partial charge in [-0.1, -0.05) is 5.16 Å². The largest absolute Gasteiger partial charge is 0.356 e. The molecule has 1 aromatic carbocycles. The van der Waals surface area contributed by atoms with Gasteiger partial charge in [0.2, 0.25) is 0 Å². The number of aryl methyl sites for hydroxylation is 1. The van der Waals surface area contributed by atoms with Gasteiger partial charge in [0, 0.05) is 17.5 Å². The Morgan fingerprint density at radius 1 is 1.54 bits per heavy atom. The molecule has 2 rings (SSSR count). The Hall–Kier alpha value is -1.42. The average Bonchev–Trinajstić information content (AvgIpc) is 2.47. The van der Waals surface area contributed by atoms with Crippen LogP contribution >= 0.6 is 0 Å². The van der Waals surface area contributed by atoms with Crippen LogP contribution in [-0.2, 0) is 6.54 Å². The van der Waals surface area contributed by atoms with Crippen molar-refractivity contribution >= 4 is 11.0 Å². The molecule has 2 N–H and O–H groups in total. The lowest BCUT2D eigenvalue weighted by Crippen LogP contribution is -1.99. The molecule has 0 fully saturated rings. The fraction of sp³-hybridized carbons (Fsp3) is 0.222. The third-order valence-corrected chi connectivity index (χ3v) is 2.04. The Balaban J connectivity index is 2.76. The minimum Gasteiger partial charge on any atom is -0.356 e. The fourth-order valence-electron chi connectivity index (χ4n) is 1.28. The molecule has 4 heteroatoms. The molecule has 0 saturated heterocycles. The number of nitrogens with zero attached hydrogens (tertiary/aromatic N) is 1. The first-order valence-corrected chi connectivity index (χ1v) is 3.97. The Labute approximate surface area is 74.3 Å². The van der Waals surface area contributed by atoms with E-state index in [1.165, 1.54) is 6.07 Å². The second kappa shape index (κ2) is 2.81. The molecule has 13 heavy (non-hydrogen) atoms. The summed E-state index contributed by atoms with van der Waals surface area (Å²) >= 11 is 0. The molecule has 0 spiro atoms. The van der Waals surface area contributed by atoms with Crippen LogP contribution in [0.4, 0.5) is 4.39 Å². The van der Waals surface area contributed by atoms with Crippen molar-refractivity contribution in [1.82, 2.24) is 5.16 Å². The third kappa shape index (κ3) is 1.19. The number of hydrogen-bond acceptors (Lipinski definition) is 3. The van der Waals surface area contributed by atoms with E-state index in [4.69, 9.17) is 10.3 Å². The number of benzene rings is 1. The summed E-state index contributed by atoms with van der Waals surface area (Å²) in [5.74, 6) is -0.304. The SMILES string of the molecule is Cc1noc2cc(CN)c(F)cc12. The molecule has 0 aliphatic heterocycles. The Bertz CT molecular complexity index is 450. The van der Waals surface area contributed by atoms with E-state index in [0.29, 0.717) is 22.2 Å². The first kappa shape index (κ1) is 8.19. The van der Waals surface area contributed by atoms with E-state index < -0.39 is 0 Å². The third-order valence-electron chi connectivity index (χ3n) is 2.04. The van der Waals surface area contributed by atoms with Crippen LogP contribution in [0.25, 0.3) is 11.0 Å². The topological polar surface area (TPSA) is 52.0 Å². The molecule has 0 aliphatic rings. The molecule has 0 saturated carbocycles. The lowest BCUT2D eigenvalue weighted by atomic mass is 10.1. The smallest absolute Gasteiger partial charge is 0.167 e. The van der Waals surface area contributed by atoms with E-state index in [1.54, 1.807) is 13.0 Å². The number of rotatable bonds is 1. The summed E-state index contributed by atoms with van der Waals surface area (Å²) in [5.41, 5.74) is 7.07. The molecular weight excluding hydrogens is 171 g/mol. The van der Waals surface area contributed by atoms with Gasteiger partial charge >= 0.3 is 0 Å². The lowest BCUT2D eigenvalue weighted by Gasteiger charge is -1.97. The zero-order valence-corrected chi connectivity index (χ0v) is 7.17. The molecular formula is C9H9FN2O. The second-order valence-corrected chi connectivity index (χ2v) is 2.91. The minimum absolute atomic E-state index is 0.168. The number of hydrogen-bond donors (Lipinski definition) is 1. The summed E-state index contributed by atoms with van der Waals surface area (Å²) in [5, 5.41) is 4.43. The molecule has 0 atom stereocenters. The van der Waals surface area contributed by atoms with Gasteiger partial charge in [-0.15, -0.1) is 0 Å². The highest BCUT2D eigenvalue weighted by molar-refractivity contribution is 5.79. The maximum Gasteiger partial charge on any atom is 0.167 e. The minimum atomic E-state index is -0.304. The van der Waals surface area contributed by atoms with E-state index in [2.05, 4.69) is 5.16 Å². The van der Waals surface area contributed by atoms with E-state index in [9.17, 15) is 4.39 Å². The summed E-state index contributed by atoms with van der Waals surface area (Å²) in [6.45, 7) is 1.94. The van der Waals surface area contributed by atoms with Gasteiger partial charge in [-0.05, 0) is 19.1 Å². The Kier molecular flexibility index (Phi) is 1.77. The molecule has 0 amide bonds. The van der Waals surface area contributed by atoms with Crippen molar-refractivity contribution in [3.05, 3.63) is 29.2 Å². The van der Waals surface area contributed by atoms with Gasteiger partial charge in [-0.25, -0.2) is 4.39 Å². The number of nitrogens with two attached hydrogens (primary N) is 1. The van der Waals surface area contributed by atoms with Crippen molar-refractivity contribution < 1.29 is 8.91 Å². The van der Waals surface area contributed by atoms with E-state index >= 15 is 0 Å². The molecule has 1 heterocycles. The van der Waals surface area contributed by atoms with Crippen LogP contribution in [0.5, 0.6) is 0 Å². The highest BCUT2D eigenvalue weighted by Gasteiger charge is 2.08. The Morgan fingerprint density at radius 3 is 3.00 bits per heavy atom. The molecule has 2 aromatic rings. The quantitative estimate of drug-likeness (QED) is 0.727. The van der Waals surface area contributed by atoms with Gasteiger partial charge in [0.05, 0.1) is 5.69 Å². The molecule has 68 valence electrons. The monoisotopic (exact) mass is 180 g/mol. The molecule has 3 nitrogen and oxygen atoms in total. The van der Waals surface area contributed by atoms with Gasteiger partial charge in [-0.2, -0.15) is 0 Å². The lowest BCUT2D eigenvalue weighted by molar-refractivity contribution is 0.450. The summed E-state index contributed by atoms with van der Waals surface area (Å²) in [6.07, 6.45) is 0. The van der Waals surface area contributed by atoms with E-state index in [0.717, 1.165) is 0 Å². The average molecular weight is 180 g/mol. The first-order chi connectivity index (χ1) is 6.22. The van der Waals surface area contributed by atoms with Crippen molar-refractivity contribution in [3.8, 4) is 0 Å². The number of halogens is 1. The van der Waals surface area contributed by atoms with Gasteiger partial charge in [0.1, 0.15) is 5.82 Å².